The van der Waals surface area contributed by atoms with Gasteiger partial charge in [-0.25, -0.2) is 9.97 Å². The van der Waals surface area contributed by atoms with E-state index in [0.29, 0.717) is 5.82 Å². The van der Waals surface area contributed by atoms with E-state index in [4.69, 9.17) is 0 Å². The summed E-state index contributed by atoms with van der Waals surface area (Å²) in [5, 5.41) is 9.19. The van der Waals surface area contributed by atoms with Crippen LogP contribution in [0.2, 0.25) is 0 Å². The first-order chi connectivity index (χ1) is 8.75. The summed E-state index contributed by atoms with van der Waals surface area (Å²) < 4.78 is 0.997. The second kappa shape index (κ2) is 4.18. The number of hydrogen-bond donors (Lipinski definition) is 0. The lowest BCUT2D eigenvalue weighted by Crippen LogP contribution is -2.09. The van der Waals surface area contributed by atoms with Gasteiger partial charge in [-0.3, -0.25) is 0 Å². The lowest BCUT2D eigenvalue weighted by Gasteiger charge is -2.07. The van der Waals surface area contributed by atoms with E-state index in [9.17, 15) is 5.26 Å². The van der Waals surface area contributed by atoms with Crippen molar-refractivity contribution in [1.82, 2.24) is 9.97 Å². The Morgan fingerprint density at radius 3 is 2.67 bits per heavy atom. The topological polar surface area (TPSA) is 49.6 Å². The third-order valence-corrected chi connectivity index (χ3v) is 3.89. The van der Waals surface area contributed by atoms with Gasteiger partial charge in [0.25, 0.3) is 0 Å². The zero-order chi connectivity index (χ0) is 12.6. The van der Waals surface area contributed by atoms with Gasteiger partial charge in [0.15, 0.2) is 0 Å². The summed E-state index contributed by atoms with van der Waals surface area (Å²) >= 11 is 3.52. The Labute approximate surface area is 114 Å². The van der Waals surface area contributed by atoms with E-state index >= 15 is 0 Å². The number of aromatic nitrogens is 2. The van der Waals surface area contributed by atoms with Gasteiger partial charge in [-0.05, 0) is 25.0 Å². The molecule has 0 aliphatic heterocycles. The van der Waals surface area contributed by atoms with Crippen molar-refractivity contribution in [3.05, 3.63) is 46.8 Å². The van der Waals surface area contributed by atoms with Gasteiger partial charge in [0.2, 0.25) is 0 Å². The first kappa shape index (κ1) is 11.4. The maximum Gasteiger partial charge on any atom is 0.149 e. The Balaban J connectivity index is 2.08. The molecule has 1 heterocycles. The molecule has 0 bridgehead atoms. The number of halogens is 1. The zero-order valence-electron chi connectivity index (χ0n) is 9.60. The van der Waals surface area contributed by atoms with E-state index in [2.05, 4.69) is 32.0 Å². The van der Waals surface area contributed by atoms with E-state index in [0.717, 1.165) is 28.6 Å². The molecule has 0 atom stereocenters. The minimum absolute atomic E-state index is 0.433. The fourth-order valence-corrected chi connectivity index (χ4v) is 2.41. The number of rotatable bonds is 2. The molecule has 2 aromatic rings. The van der Waals surface area contributed by atoms with Crippen molar-refractivity contribution < 1.29 is 0 Å². The number of hydrogen-bond acceptors (Lipinski definition) is 3. The average Bonchev–Trinajstić information content (AvgIpc) is 3.20. The second-order valence-electron chi connectivity index (χ2n) is 4.44. The smallest absolute Gasteiger partial charge is 0.149 e. The average molecular weight is 300 g/mol. The van der Waals surface area contributed by atoms with Crippen molar-refractivity contribution in [1.29, 1.82) is 5.26 Å². The van der Waals surface area contributed by atoms with Gasteiger partial charge in [0.05, 0.1) is 11.8 Å². The predicted molar refractivity (Wildman–Crippen MR) is 71.7 cm³/mol. The van der Waals surface area contributed by atoms with Crippen LogP contribution in [0.15, 0.2) is 41.0 Å². The Kier molecular flexibility index (Phi) is 2.64. The molecule has 0 unspecified atom stereocenters. The van der Waals surface area contributed by atoms with Gasteiger partial charge in [-0.15, -0.1) is 0 Å². The SMILES string of the molecule is N#CC1(c2nccc(-c3ccccc3Br)n2)CC1. The Morgan fingerprint density at radius 2 is 2.00 bits per heavy atom. The van der Waals surface area contributed by atoms with Crippen molar-refractivity contribution in [2.24, 2.45) is 0 Å². The van der Waals surface area contributed by atoms with Crippen LogP contribution >= 0.6 is 15.9 Å². The minimum atomic E-state index is -0.433. The molecule has 1 aliphatic rings. The van der Waals surface area contributed by atoms with Crippen molar-refractivity contribution in [2.75, 3.05) is 0 Å². The fraction of sp³-hybridized carbons (Fsp3) is 0.214. The van der Waals surface area contributed by atoms with E-state index in [1.54, 1.807) is 6.20 Å². The van der Waals surface area contributed by atoms with E-state index in [1.807, 2.05) is 30.3 Å². The zero-order valence-corrected chi connectivity index (χ0v) is 11.2. The monoisotopic (exact) mass is 299 g/mol. The highest BCUT2D eigenvalue weighted by atomic mass is 79.9. The number of benzene rings is 1. The van der Waals surface area contributed by atoms with Crippen LogP contribution in [0.3, 0.4) is 0 Å². The lowest BCUT2D eigenvalue weighted by molar-refractivity contribution is 0.799. The van der Waals surface area contributed by atoms with Crippen LogP contribution in [-0.2, 0) is 5.41 Å². The summed E-state index contributed by atoms with van der Waals surface area (Å²) in [5.41, 5.74) is 1.45. The van der Waals surface area contributed by atoms with Gasteiger partial charge in [0.1, 0.15) is 11.2 Å². The molecule has 18 heavy (non-hydrogen) atoms. The molecule has 0 saturated heterocycles. The van der Waals surface area contributed by atoms with Crippen LogP contribution in [0.1, 0.15) is 18.7 Å². The molecule has 1 aromatic carbocycles. The number of nitrogens with zero attached hydrogens (tertiary/aromatic N) is 3. The van der Waals surface area contributed by atoms with Gasteiger partial charge in [0, 0.05) is 16.2 Å². The highest BCUT2D eigenvalue weighted by Gasteiger charge is 2.47. The lowest BCUT2D eigenvalue weighted by atomic mass is 10.1. The molecule has 0 spiro atoms. The maximum atomic E-state index is 9.19. The Bertz CT molecular complexity index is 641. The summed E-state index contributed by atoms with van der Waals surface area (Å²) in [7, 11) is 0. The fourth-order valence-electron chi connectivity index (χ4n) is 1.92. The van der Waals surface area contributed by atoms with Gasteiger partial charge in [-0.1, -0.05) is 34.1 Å². The molecule has 1 fully saturated rings. The molecular weight excluding hydrogens is 290 g/mol. The molecule has 1 aliphatic carbocycles. The minimum Gasteiger partial charge on any atom is -0.240 e. The van der Waals surface area contributed by atoms with Crippen LogP contribution in [0.25, 0.3) is 11.3 Å². The summed E-state index contributed by atoms with van der Waals surface area (Å²) in [6.07, 6.45) is 3.46. The van der Waals surface area contributed by atoms with Crippen LogP contribution in [-0.4, -0.2) is 9.97 Å². The maximum absolute atomic E-state index is 9.19. The molecule has 4 heteroatoms. The quantitative estimate of drug-likeness (QED) is 0.853. The molecule has 0 radical (unpaired) electrons. The normalized spacial score (nSPS) is 16.0. The highest BCUT2D eigenvalue weighted by Crippen LogP contribution is 2.46. The third kappa shape index (κ3) is 1.81. The molecule has 1 saturated carbocycles. The van der Waals surface area contributed by atoms with E-state index in [-0.39, 0.29) is 0 Å². The summed E-state index contributed by atoms with van der Waals surface area (Å²) in [5.74, 6) is 0.651. The van der Waals surface area contributed by atoms with Gasteiger partial charge < -0.3 is 0 Å². The molecule has 3 rings (SSSR count). The third-order valence-electron chi connectivity index (χ3n) is 3.20. The van der Waals surface area contributed by atoms with Crippen LogP contribution in [0, 0.1) is 11.3 Å². The molecular formula is C14H10BrN3. The van der Waals surface area contributed by atoms with E-state index < -0.39 is 5.41 Å². The molecule has 3 nitrogen and oxygen atoms in total. The van der Waals surface area contributed by atoms with Crippen LogP contribution in [0.4, 0.5) is 0 Å². The van der Waals surface area contributed by atoms with Gasteiger partial charge >= 0.3 is 0 Å². The first-order valence-corrected chi connectivity index (χ1v) is 6.54. The second-order valence-corrected chi connectivity index (χ2v) is 5.29. The highest BCUT2D eigenvalue weighted by molar-refractivity contribution is 9.10. The summed E-state index contributed by atoms with van der Waals surface area (Å²) in [4.78, 5) is 8.80. The van der Waals surface area contributed by atoms with Crippen molar-refractivity contribution in [2.45, 2.75) is 18.3 Å². The van der Waals surface area contributed by atoms with Crippen LogP contribution < -0.4 is 0 Å². The first-order valence-electron chi connectivity index (χ1n) is 5.75. The van der Waals surface area contributed by atoms with E-state index in [1.165, 1.54) is 0 Å². The van der Waals surface area contributed by atoms with Crippen molar-refractivity contribution >= 4 is 15.9 Å². The van der Waals surface area contributed by atoms with Crippen molar-refractivity contribution in [3.8, 4) is 17.3 Å². The molecule has 1 aromatic heterocycles. The van der Waals surface area contributed by atoms with Gasteiger partial charge in [-0.2, -0.15) is 5.26 Å². The summed E-state index contributed by atoms with van der Waals surface area (Å²) in [6, 6.07) is 12.1. The molecule has 0 amide bonds. The number of nitriles is 1. The molecule has 0 N–H and O–H groups in total. The van der Waals surface area contributed by atoms with Crippen LogP contribution in [0.5, 0.6) is 0 Å². The largest absolute Gasteiger partial charge is 0.240 e. The summed E-state index contributed by atoms with van der Waals surface area (Å²) in [6.45, 7) is 0. The van der Waals surface area contributed by atoms with Crippen molar-refractivity contribution in [3.63, 3.8) is 0 Å². The predicted octanol–water partition coefficient (Wildman–Crippen LogP) is 3.46. The standard InChI is InChI=1S/C14H10BrN3/c15-11-4-2-1-3-10(11)12-5-8-17-13(18-12)14(9-16)6-7-14/h1-5,8H,6-7H2. The Hall–Kier alpha value is -1.73. The Morgan fingerprint density at radius 1 is 1.22 bits per heavy atom. The molecule has 88 valence electrons.